The zero-order valence-electron chi connectivity index (χ0n) is 13.3. The van der Waals surface area contributed by atoms with Crippen LogP contribution in [0.4, 0.5) is 0 Å². The second kappa shape index (κ2) is 6.31. The van der Waals surface area contributed by atoms with E-state index in [0.29, 0.717) is 12.2 Å². The number of aryl methyl sites for hydroxylation is 1. The van der Waals surface area contributed by atoms with E-state index in [1.807, 2.05) is 41.1 Å². The second-order valence-corrected chi connectivity index (χ2v) is 6.08. The Morgan fingerprint density at radius 3 is 2.96 bits per heavy atom. The fourth-order valence-electron chi connectivity index (χ4n) is 3.26. The van der Waals surface area contributed by atoms with Crippen LogP contribution in [0.1, 0.15) is 39.8 Å². The average Bonchev–Trinajstić information content (AvgIpc) is 3.33. The quantitative estimate of drug-likeness (QED) is 0.757. The molecule has 0 bridgehead atoms. The molecular weight excluding hydrogens is 302 g/mol. The standard InChI is InChI=1S/C18H19N5O/c24-18(17-14-7-4-8-15(14)21-22-17)20-16(11-23-10-9-19-12-23)13-5-2-1-3-6-13/h1-3,5-6,9-10,12,16H,4,7-8,11H2,(H,20,24)(H,21,22). The Bertz CT molecular complexity index is 822. The largest absolute Gasteiger partial charge is 0.342 e. The Hall–Kier alpha value is -2.89. The highest BCUT2D eigenvalue weighted by molar-refractivity contribution is 5.94. The molecule has 3 aromatic rings. The number of aromatic nitrogens is 4. The van der Waals surface area contributed by atoms with E-state index < -0.39 is 0 Å². The van der Waals surface area contributed by atoms with Gasteiger partial charge in [0.2, 0.25) is 0 Å². The van der Waals surface area contributed by atoms with Crippen LogP contribution in [-0.4, -0.2) is 25.7 Å². The van der Waals surface area contributed by atoms with E-state index in [1.54, 1.807) is 12.5 Å². The molecule has 6 nitrogen and oxygen atoms in total. The van der Waals surface area contributed by atoms with Crippen molar-refractivity contribution in [2.24, 2.45) is 0 Å². The van der Waals surface area contributed by atoms with Gasteiger partial charge in [-0.2, -0.15) is 5.10 Å². The molecule has 2 heterocycles. The smallest absolute Gasteiger partial charge is 0.272 e. The summed E-state index contributed by atoms with van der Waals surface area (Å²) in [5.74, 6) is -0.122. The molecule has 1 unspecified atom stereocenters. The summed E-state index contributed by atoms with van der Waals surface area (Å²) >= 11 is 0. The molecule has 122 valence electrons. The maximum absolute atomic E-state index is 12.8. The number of rotatable bonds is 5. The van der Waals surface area contributed by atoms with E-state index in [2.05, 4.69) is 20.5 Å². The first-order chi connectivity index (χ1) is 11.8. The van der Waals surface area contributed by atoms with Gasteiger partial charge in [0.1, 0.15) is 0 Å². The van der Waals surface area contributed by atoms with Crippen LogP contribution in [0.15, 0.2) is 49.1 Å². The molecule has 4 rings (SSSR count). The van der Waals surface area contributed by atoms with Crippen molar-refractivity contribution >= 4 is 5.91 Å². The monoisotopic (exact) mass is 321 g/mol. The lowest BCUT2D eigenvalue weighted by Gasteiger charge is -2.19. The van der Waals surface area contributed by atoms with Gasteiger partial charge in [-0.1, -0.05) is 30.3 Å². The summed E-state index contributed by atoms with van der Waals surface area (Å²) in [7, 11) is 0. The third-order valence-electron chi connectivity index (χ3n) is 4.48. The molecule has 0 saturated heterocycles. The minimum absolute atomic E-state index is 0.122. The zero-order valence-corrected chi connectivity index (χ0v) is 13.3. The van der Waals surface area contributed by atoms with Gasteiger partial charge in [0.25, 0.3) is 5.91 Å². The first-order valence-corrected chi connectivity index (χ1v) is 8.19. The molecule has 1 atom stereocenters. The van der Waals surface area contributed by atoms with Crippen LogP contribution in [-0.2, 0) is 19.4 Å². The van der Waals surface area contributed by atoms with Crippen LogP contribution in [0.25, 0.3) is 0 Å². The highest BCUT2D eigenvalue weighted by atomic mass is 16.2. The van der Waals surface area contributed by atoms with Crippen LogP contribution in [0.5, 0.6) is 0 Å². The molecule has 2 N–H and O–H groups in total. The van der Waals surface area contributed by atoms with Gasteiger partial charge >= 0.3 is 0 Å². The van der Waals surface area contributed by atoms with Crippen molar-refractivity contribution in [3.05, 3.63) is 71.6 Å². The maximum atomic E-state index is 12.8. The number of amides is 1. The zero-order chi connectivity index (χ0) is 16.4. The Morgan fingerprint density at radius 2 is 2.17 bits per heavy atom. The maximum Gasteiger partial charge on any atom is 0.272 e. The van der Waals surface area contributed by atoms with Crippen molar-refractivity contribution in [2.45, 2.75) is 31.8 Å². The summed E-state index contributed by atoms with van der Waals surface area (Å²) < 4.78 is 1.97. The van der Waals surface area contributed by atoms with Gasteiger partial charge in [0.15, 0.2) is 5.69 Å². The van der Waals surface area contributed by atoms with E-state index in [0.717, 1.165) is 36.1 Å². The minimum Gasteiger partial charge on any atom is -0.342 e. The molecule has 0 aliphatic heterocycles. The lowest BCUT2D eigenvalue weighted by atomic mass is 10.1. The molecule has 0 saturated carbocycles. The van der Waals surface area contributed by atoms with Gasteiger partial charge in [-0.15, -0.1) is 0 Å². The number of benzene rings is 1. The Morgan fingerprint density at radius 1 is 1.29 bits per heavy atom. The normalized spacial score (nSPS) is 14.3. The van der Waals surface area contributed by atoms with Gasteiger partial charge < -0.3 is 9.88 Å². The van der Waals surface area contributed by atoms with Crippen LogP contribution in [0.3, 0.4) is 0 Å². The lowest BCUT2D eigenvalue weighted by molar-refractivity contribution is 0.0926. The van der Waals surface area contributed by atoms with Crippen LogP contribution < -0.4 is 5.32 Å². The van der Waals surface area contributed by atoms with Gasteiger partial charge in [-0.05, 0) is 24.8 Å². The van der Waals surface area contributed by atoms with Gasteiger partial charge in [-0.3, -0.25) is 9.89 Å². The van der Waals surface area contributed by atoms with Crippen molar-refractivity contribution in [1.82, 2.24) is 25.1 Å². The molecule has 0 fully saturated rings. The van der Waals surface area contributed by atoms with E-state index in [1.165, 1.54) is 0 Å². The highest BCUT2D eigenvalue weighted by Crippen LogP contribution is 2.23. The molecule has 6 heteroatoms. The van der Waals surface area contributed by atoms with Crippen molar-refractivity contribution in [3.8, 4) is 0 Å². The second-order valence-electron chi connectivity index (χ2n) is 6.08. The van der Waals surface area contributed by atoms with E-state index in [9.17, 15) is 4.79 Å². The predicted molar refractivity (Wildman–Crippen MR) is 89.5 cm³/mol. The van der Waals surface area contributed by atoms with Gasteiger partial charge in [0.05, 0.1) is 12.4 Å². The first kappa shape index (κ1) is 14.7. The minimum atomic E-state index is -0.137. The first-order valence-electron chi connectivity index (χ1n) is 8.19. The van der Waals surface area contributed by atoms with E-state index in [4.69, 9.17) is 0 Å². The SMILES string of the molecule is O=C(NC(Cn1ccnc1)c1ccccc1)c1n[nH]c2c1CCC2. The van der Waals surface area contributed by atoms with E-state index >= 15 is 0 Å². The van der Waals surface area contributed by atoms with Crippen molar-refractivity contribution in [1.29, 1.82) is 0 Å². The topological polar surface area (TPSA) is 75.6 Å². The molecule has 1 aromatic carbocycles. The summed E-state index contributed by atoms with van der Waals surface area (Å²) in [5, 5.41) is 10.4. The average molecular weight is 321 g/mol. The Labute approximate surface area is 139 Å². The molecule has 0 radical (unpaired) electrons. The summed E-state index contributed by atoms with van der Waals surface area (Å²) in [6.45, 7) is 0.627. The van der Waals surface area contributed by atoms with Crippen molar-refractivity contribution in [2.75, 3.05) is 0 Å². The lowest BCUT2D eigenvalue weighted by Crippen LogP contribution is -2.32. The molecule has 0 spiro atoms. The third-order valence-corrected chi connectivity index (χ3v) is 4.48. The molecule has 1 aliphatic rings. The summed E-state index contributed by atoms with van der Waals surface area (Å²) in [4.78, 5) is 16.8. The van der Waals surface area contributed by atoms with Crippen LogP contribution in [0, 0.1) is 0 Å². The summed E-state index contributed by atoms with van der Waals surface area (Å²) in [6, 6.07) is 9.85. The summed E-state index contributed by atoms with van der Waals surface area (Å²) in [5.41, 5.74) is 3.77. The number of imidazole rings is 1. The number of carbonyl (C=O) groups is 1. The third kappa shape index (κ3) is 2.82. The van der Waals surface area contributed by atoms with Gasteiger partial charge in [0, 0.05) is 30.2 Å². The molecule has 1 aliphatic carbocycles. The van der Waals surface area contributed by atoms with Crippen LogP contribution >= 0.6 is 0 Å². The number of H-pyrrole nitrogens is 1. The highest BCUT2D eigenvalue weighted by Gasteiger charge is 2.25. The van der Waals surface area contributed by atoms with Crippen molar-refractivity contribution < 1.29 is 4.79 Å². The Kier molecular flexibility index (Phi) is 3.86. The number of nitrogens with one attached hydrogen (secondary N) is 2. The van der Waals surface area contributed by atoms with Crippen molar-refractivity contribution in [3.63, 3.8) is 0 Å². The molecular formula is C18H19N5O. The molecule has 1 amide bonds. The number of fused-ring (bicyclic) bond motifs is 1. The van der Waals surface area contributed by atoms with Crippen LogP contribution in [0.2, 0.25) is 0 Å². The van der Waals surface area contributed by atoms with Gasteiger partial charge in [-0.25, -0.2) is 4.98 Å². The molecule has 2 aromatic heterocycles. The Balaban J connectivity index is 1.58. The number of aromatic amines is 1. The predicted octanol–water partition coefficient (Wildman–Crippen LogP) is 2.27. The number of hydrogen-bond acceptors (Lipinski definition) is 3. The fourth-order valence-corrected chi connectivity index (χ4v) is 3.26. The number of hydrogen-bond donors (Lipinski definition) is 2. The number of nitrogens with zero attached hydrogens (tertiary/aromatic N) is 3. The molecule has 24 heavy (non-hydrogen) atoms. The van der Waals surface area contributed by atoms with E-state index in [-0.39, 0.29) is 11.9 Å². The fraction of sp³-hybridized carbons (Fsp3) is 0.278. The summed E-state index contributed by atoms with van der Waals surface area (Å²) in [6.07, 6.45) is 8.38. The number of carbonyl (C=O) groups excluding carboxylic acids is 1.